The number of rotatable bonds is 2. The summed E-state index contributed by atoms with van der Waals surface area (Å²) in [5, 5.41) is 4.05. The van der Waals surface area contributed by atoms with E-state index in [0.717, 1.165) is 59.5 Å². The predicted molar refractivity (Wildman–Crippen MR) is 123 cm³/mol. The monoisotopic (exact) mass is 476 g/mol. The molecule has 0 fully saturated rings. The zero-order valence-corrected chi connectivity index (χ0v) is 19.3. The van der Waals surface area contributed by atoms with Gasteiger partial charge in [0, 0.05) is 46.0 Å². The first-order valence-electron chi connectivity index (χ1n) is 11.7. The smallest absolute Gasteiger partial charge is 0.361 e. The third kappa shape index (κ3) is 3.46. The van der Waals surface area contributed by atoms with Gasteiger partial charge in [0.1, 0.15) is 5.76 Å². The second kappa shape index (κ2) is 7.73. The molecule has 0 saturated carbocycles. The van der Waals surface area contributed by atoms with E-state index in [9.17, 15) is 13.2 Å². The highest BCUT2D eigenvalue weighted by Gasteiger charge is 2.50. The van der Waals surface area contributed by atoms with Crippen LogP contribution >= 0.6 is 0 Å². The molecule has 0 radical (unpaired) electrons. The largest absolute Gasteiger partial charge is 0.416 e. The van der Waals surface area contributed by atoms with Gasteiger partial charge in [-0.05, 0) is 49.4 Å². The zero-order valence-electron chi connectivity index (χ0n) is 19.3. The van der Waals surface area contributed by atoms with Gasteiger partial charge in [-0.25, -0.2) is 9.97 Å². The van der Waals surface area contributed by atoms with Crippen LogP contribution in [0.5, 0.6) is 0 Å². The van der Waals surface area contributed by atoms with Crippen molar-refractivity contribution in [3.63, 3.8) is 0 Å². The molecule has 0 bridgehead atoms. The van der Waals surface area contributed by atoms with Crippen molar-refractivity contribution in [2.24, 2.45) is 5.92 Å². The molecule has 0 unspecified atom stereocenters. The van der Waals surface area contributed by atoms with Gasteiger partial charge in [0.15, 0.2) is 5.82 Å². The summed E-state index contributed by atoms with van der Waals surface area (Å²) in [4.78, 5) is 14.1. The van der Waals surface area contributed by atoms with Gasteiger partial charge in [0.05, 0.1) is 23.1 Å². The minimum atomic E-state index is -4.39. The first-order chi connectivity index (χ1) is 16.8. The van der Waals surface area contributed by atoms with E-state index in [4.69, 9.17) is 14.5 Å². The van der Waals surface area contributed by atoms with Crippen LogP contribution in [0, 0.1) is 5.92 Å². The Hall–Kier alpha value is -3.55. The van der Waals surface area contributed by atoms with E-state index in [1.807, 2.05) is 12.1 Å². The van der Waals surface area contributed by atoms with Crippen molar-refractivity contribution >= 4 is 0 Å². The molecule has 0 saturated heterocycles. The van der Waals surface area contributed by atoms with E-state index in [2.05, 4.69) is 24.0 Å². The van der Waals surface area contributed by atoms with Gasteiger partial charge in [-0.2, -0.15) is 13.2 Å². The van der Waals surface area contributed by atoms with Gasteiger partial charge in [0.2, 0.25) is 0 Å². The summed E-state index contributed by atoms with van der Waals surface area (Å²) in [5.41, 5.74) is 4.27. The number of fused-ring (bicyclic) bond motifs is 4. The van der Waals surface area contributed by atoms with Crippen LogP contribution in [0.25, 0.3) is 22.6 Å². The number of nitrogens with zero attached hydrogens (tertiary/aromatic N) is 4. The summed E-state index contributed by atoms with van der Waals surface area (Å²) >= 11 is 0. The second-order valence-corrected chi connectivity index (χ2v) is 9.78. The Labute approximate surface area is 200 Å². The fourth-order valence-electron chi connectivity index (χ4n) is 6.05. The number of hydrogen-bond donors (Lipinski definition) is 0. The number of benzene rings is 1. The van der Waals surface area contributed by atoms with E-state index in [-0.39, 0.29) is 11.3 Å². The fourth-order valence-corrected chi connectivity index (χ4v) is 6.05. The third-order valence-corrected chi connectivity index (χ3v) is 7.75. The topological polar surface area (TPSA) is 64.7 Å². The SMILES string of the molecule is C[C@H]1c2oncc2C[C@@]2(C)c3nc(-c4ccncc4)nc(-c4ccc(C(F)(F)F)cc4)c3CC[C@H]12. The summed E-state index contributed by atoms with van der Waals surface area (Å²) in [6.45, 7) is 4.42. The average molecular weight is 477 g/mol. The van der Waals surface area contributed by atoms with Crippen molar-refractivity contribution < 1.29 is 17.7 Å². The van der Waals surface area contributed by atoms with Crippen LogP contribution in [0.1, 0.15) is 54.3 Å². The highest BCUT2D eigenvalue weighted by molar-refractivity contribution is 5.69. The van der Waals surface area contributed by atoms with Crippen molar-refractivity contribution in [1.29, 1.82) is 0 Å². The van der Waals surface area contributed by atoms with Gasteiger partial charge in [-0.1, -0.05) is 31.1 Å². The first kappa shape index (κ1) is 21.9. The van der Waals surface area contributed by atoms with Gasteiger partial charge < -0.3 is 4.52 Å². The molecule has 0 spiro atoms. The molecule has 2 aliphatic rings. The molecule has 8 heteroatoms. The third-order valence-electron chi connectivity index (χ3n) is 7.75. The van der Waals surface area contributed by atoms with E-state index in [1.54, 1.807) is 18.6 Å². The summed E-state index contributed by atoms with van der Waals surface area (Å²) in [7, 11) is 0. The molecular weight excluding hydrogens is 453 g/mol. The van der Waals surface area contributed by atoms with Crippen molar-refractivity contribution in [2.75, 3.05) is 0 Å². The molecule has 2 aliphatic carbocycles. The van der Waals surface area contributed by atoms with Crippen molar-refractivity contribution in [2.45, 2.75) is 50.6 Å². The maximum atomic E-state index is 13.2. The normalized spacial score (nSPS) is 23.3. The zero-order chi connectivity index (χ0) is 24.4. The minimum absolute atomic E-state index is 0.188. The molecule has 0 aliphatic heterocycles. The highest BCUT2D eigenvalue weighted by Crippen LogP contribution is 2.54. The molecule has 178 valence electrons. The molecule has 3 aromatic heterocycles. The Bertz CT molecular complexity index is 1400. The molecule has 3 heterocycles. The predicted octanol–water partition coefficient (Wildman–Crippen LogP) is 6.39. The lowest BCUT2D eigenvalue weighted by atomic mass is 9.56. The maximum Gasteiger partial charge on any atom is 0.416 e. The average Bonchev–Trinajstić information content (AvgIpc) is 3.32. The van der Waals surface area contributed by atoms with E-state index in [0.29, 0.717) is 23.0 Å². The van der Waals surface area contributed by atoms with Crippen molar-refractivity contribution in [3.05, 3.63) is 83.1 Å². The van der Waals surface area contributed by atoms with Crippen LogP contribution in [0.3, 0.4) is 0 Å². The van der Waals surface area contributed by atoms with Crippen LogP contribution in [0.4, 0.5) is 13.2 Å². The van der Waals surface area contributed by atoms with E-state index < -0.39 is 11.7 Å². The lowest BCUT2D eigenvalue weighted by Crippen LogP contribution is -2.45. The molecule has 35 heavy (non-hydrogen) atoms. The van der Waals surface area contributed by atoms with Crippen LogP contribution in [-0.2, 0) is 24.4 Å². The summed E-state index contributed by atoms with van der Waals surface area (Å²) in [5.74, 6) is 1.98. The molecule has 6 rings (SSSR count). The number of hydrogen-bond acceptors (Lipinski definition) is 5. The Morgan fingerprint density at radius 1 is 1.00 bits per heavy atom. The lowest BCUT2D eigenvalue weighted by molar-refractivity contribution is -0.137. The molecule has 3 atom stereocenters. The summed E-state index contributed by atoms with van der Waals surface area (Å²) in [6.07, 6.45) is 3.18. The van der Waals surface area contributed by atoms with Gasteiger partial charge >= 0.3 is 6.18 Å². The number of pyridine rings is 1. The Morgan fingerprint density at radius 2 is 1.74 bits per heavy atom. The summed E-state index contributed by atoms with van der Waals surface area (Å²) < 4.78 is 45.2. The molecule has 4 aromatic rings. The van der Waals surface area contributed by atoms with Crippen molar-refractivity contribution in [1.82, 2.24) is 20.1 Å². The number of aromatic nitrogens is 4. The van der Waals surface area contributed by atoms with Crippen LogP contribution in [-0.4, -0.2) is 20.1 Å². The second-order valence-electron chi connectivity index (χ2n) is 9.78. The first-order valence-corrected chi connectivity index (χ1v) is 11.7. The van der Waals surface area contributed by atoms with Crippen LogP contribution in [0.15, 0.2) is 59.5 Å². The van der Waals surface area contributed by atoms with Crippen LogP contribution in [0.2, 0.25) is 0 Å². The lowest BCUT2D eigenvalue weighted by Gasteiger charge is -2.47. The number of alkyl halides is 3. The van der Waals surface area contributed by atoms with Crippen molar-refractivity contribution in [3.8, 4) is 22.6 Å². The van der Waals surface area contributed by atoms with E-state index in [1.165, 1.54) is 12.1 Å². The maximum absolute atomic E-state index is 13.2. The molecule has 0 N–H and O–H groups in total. The Morgan fingerprint density at radius 3 is 2.46 bits per heavy atom. The molecule has 1 aromatic carbocycles. The quantitative estimate of drug-likeness (QED) is 0.335. The number of halogens is 3. The molecule has 5 nitrogen and oxygen atoms in total. The van der Waals surface area contributed by atoms with Crippen LogP contribution < -0.4 is 0 Å². The van der Waals surface area contributed by atoms with E-state index >= 15 is 0 Å². The molecule has 0 amide bonds. The Kier molecular flexibility index (Phi) is 4.85. The fraction of sp³-hybridized carbons (Fsp3) is 0.333. The van der Waals surface area contributed by atoms with Gasteiger partial charge in [-0.3, -0.25) is 4.98 Å². The highest BCUT2D eigenvalue weighted by atomic mass is 19.4. The van der Waals surface area contributed by atoms with Gasteiger partial charge in [-0.15, -0.1) is 0 Å². The Balaban J connectivity index is 1.56. The minimum Gasteiger partial charge on any atom is -0.361 e. The standard InChI is InChI=1S/C27H23F3N4O/c1-15-21-8-7-20-22(16-3-5-19(6-4-16)27(28,29)30)33-25(17-9-11-31-12-10-17)34-24(20)26(21,2)13-18-14-32-35-23(15)18/h3-6,9-12,14-15,21H,7-8,13H2,1-2H3/t15-,21-,26-/m1/s1. The molecular formula is C27H23F3N4O. The van der Waals surface area contributed by atoms with Gasteiger partial charge in [0.25, 0.3) is 0 Å². The summed E-state index contributed by atoms with van der Waals surface area (Å²) in [6, 6.07) is 8.96.